The number of quaternary nitrogens is 1. The molecule has 0 saturated heterocycles. The minimum absolute atomic E-state index is 0.0213. The van der Waals surface area contributed by atoms with Crippen LogP contribution in [0.2, 0.25) is 0 Å². The van der Waals surface area contributed by atoms with Crippen LogP contribution in [0.4, 0.5) is 0 Å². The van der Waals surface area contributed by atoms with Crippen LogP contribution in [-0.2, 0) is 27.9 Å². The molecule has 0 fully saturated rings. The van der Waals surface area contributed by atoms with Crippen molar-refractivity contribution < 1.29 is 37.3 Å². The molecule has 0 saturated carbocycles. The van der Waals surface area contributed by atoms with Crippen molar-refractivity contribution in [2.45, 2.75) is 380 Å². The fraction of sp³-hybridized carbons (Fsp3) is 0.867. The van der Waals surface area contributed by atoms with E-state index in [-0.39, 0.29) is 31.5 Å². The van der Waals surface area contributed by atoms with Gasteiger partial charge in [-0.25, -0.2) is 0 Å². The second-order valence-electron chi connectivity index (χ2n) is 26.4. The van der Waals surface area contributed by atoms with E-state index in [1.165, 1.54) is 270 Å². The Morgan fingerprint density at radius 2 is 0.718 bits per heavy atom. The summed E-state index contributed by atoms with van der Waals surface area (Å²) in [6, 6.07) is -0.889. The molecule has 1 amide bonds. The highest BCUT2D eigenvalue weighted by atomic mass is 31.2. The summed E-state index contributed by atoms with van der Waals surface area (Å²) in [6.45, 7) is 6.87. The smallest absolute Gasteiger partial charge is 0.306 e. The highest BCUT2D eigenvalue weighted by Gasteiger charge is 2.27. The Hall–Kier alpha value is -2.03. The van der Waals surface area contributed by atoms with Crippen LogP contribution in [0.5, 0.6) is 0 Å². The van der Waals surface area contributed by atoms with Crippen molar-refractivity contribution in [1.29, 1.82) is 0 Å². The van der Waals surface area contributed by atoms with Crippen molar-refractivity contribution in [3.8, 4) is 0 Å². The lowest BCUT2D eigenvalue weighted by molar-refractivity contribution is -0.870. The molecule has 0 spiro atoms. The SMILES string of the molecule is CCCCC/C=C\C/C=C\CCCCCCCCCCCC(=O)OC(/C=C\CCCCCCCCCCCCC)C(COP(=O)([O-])OCC[N+](C)(C)C)NC(=O)CCCCCCCCCCCCCCCCCCC/C=C/CCCCCCCC. The van der Waals surface area contributed by atoms with Crippen LogP contribution in [0.15, 0.2) is 48.6 Å². The first kappa shape index (κ1) is 83.0. The van der Waals surface area contributed by atoms with Crippen molar-refractivity contribution in [2.24, 2.45) is 0 Å². The van der Waals surface area contributed by atoms with Crippen LogP contribution in [0, 0.1) is 0 Å². The summed E-state index contributed by atoms with van der Waals surface area (Å²) in [6.07, 6.45) is 82.4. The molecule has 0 aromatic rings. The maximum absolute atomic E-state index is 13.6. The average molecular weight is 1220 g/mol. The monoisotopic (exact) mass is 1220 g/mol. The Morgan fingerprint density at radius 1 is 0.412 bits per heavy atom. The number of phosphoric acid groups is 1. The van der Waals surface area contributed by atoms with Gasteiger partial charge in [-0.05, 0) is 89.5 Å². The number of nitrogens with one attached hydrogen (secondary N) is 1. The number of carbonyl (C=O) groups excluding carboxylic acids is 2. The molecule has 3 atom stereocenters. The Bertz CT molecular complexity index is 1590. The molecule has 0 bridgehead atoms. The fourth-order valence-corrected chi connectivity index (χ4v) is 11.7. The van der Waals surface area contributed by atoms with Crippen LogP contribution in [0.3, 0.4) is 0 Å². The number of nitrogens with zero attached hydrogens (tertiary/aromatic N) is 1. The minimum Gasteiger partial charge on any atom is -0.756 e. The van der Waals surface area contributed by atoms with Gasteiger partial charge in [0.05, 0.1) is 33.8 Å². The van der Waals surface area contributed by atoms with Crippen LogP contribution in [-0.4, -0.2) is 69.4 Å². The lowest BCUT2D eigenvalue weighted by Crippen LogP contribution is -2.47. The summed E-state index contributed by atoms with van der Waals surface area (Å²) in [7, 11) is 1.20. The topological polar surface area (TPSA) is 114 Å². The summed E-state index contributed by atoms with van der Waals surface area (Å²) >= 11 is 0. The highest BCUT2D eigenvalue weighted by molar-refractivity contribution is 7.45. The summed E-state index contributed by atoms with van der Waals surface area (Å²) in [5.74, 6) is -0.528. The fourth-order valence-electron chi connectivity index (χ4n) is 11.0. The van der Waals surface area contributed by atoms with E-state index in [0.29, 0.717) is 17.4 Å². The third-order valence-corrected chi connectivity index (χ3v) is 17.7. The van der Waals surface area contributed by atoms with E-state index in [9.17, 15) is 19.0 Å². The molecule has 0 aliphatic heterocycles. The number of phosphoric ester groups is 1. The minimum atomic E-state index is -4.70. The Labute approximate surface area is 529 Å². The normalized spacial score (nSPS) is 13.7. The second kappa shape index (κ2) is 64.9. The molecule has 0 aromatic carbocycles. The number of unbranched alkanes of at least 4 members (excludes halogenated alkanes) is 46. The molecule has 3 unspecified atom stereocenters. The van der Waals surface area contributed by atoms with Gasteiger partial charge in [-0.15, -0.1) is 0 Å². The zero-order valence-corrected chi connectivity index (χ0v) is 58.2. The molecule has 0 aliphatic rings. The van der Waals surface area contributed by atoms with E-state index in [1.807, 2.05) is 33.3 Å². The third kappa shape index (κ3) is 66.2. The van der Waals surface area contributed by atoms with Crippen molar-refractivity contribution >= 4 is 19.7 Å². The van der Waals surface area contributed by atoms with Gasteiger partial charge in [-0.2, -0.15) is 0 Å². The van der Waals surface area contributed by atoms with Crippen LogP contribution < -0.4 is 10.2 Å². The number of carbonyl (C=O) groups is 2. The van der Waals surface area contributed by atoms with Gasteiger partial charge in [0.25, 0.3) is 7.82 Å². The van der Waals surface area contributed by atoms with Gasteiger partial charge in [0.2, 0.25) is 5.91 Å². The van der Waals surface area contributed by atoms with E-state index in [1.54, 1.807) is 0 Å². The molecule has 85 heavy (non-hydrogen) atoms. The Morgan fingerprint density at radius 3 is 1.09 bits per heavy atom. The van der Waals surface area contributed by atoms with Crippen molar-refractivity contribution in [3.63, 3.8) is 0 Å². The predicted octanol–water partition coefficient (Wildman–Crippen LogP) is 22.9. The molecule has 1 N–H and O–H groups in total. The zero-order chi connectivity index (χ0) is 62.1. The molecular formula is C75H143N2O7P. The molecule has 0 rings (SSSR count). The number of hydrogen-bond donors (Lipinski definition) is 1. The van der Waals surface area contributed by atoms with Crippen LogP contribution in [0.25, 0.3) is 0 Å². The Balaban J connectivity index is 5.01. The van der Waals surface area contributed by atoms with Crippen molar-refractivity contribution in [1.82, 2.24) is 5.32 Å². The molecule has 0 aliphatic carbocycles. The molecule has 0 radical (unpaired) electrons. The molecular weight excluding hydrogens is 1070 g/mol. The standard InChI is InChI=1S/C75H143N2O7P/c1-7-10-13-16-19-22-25-28-30-32-34-35-36-37-38-39-40-41-43-44-46-49-52-55-58-61-64-67-74(78)76-72(71-83-85(80,81)82-70-69-77(4,5)6)73(66-63-60-57-54-51-48-27-24-21-18-15-12-9-3)84-75(79)68-65-62-59-56-53-50-47-45-42-33-31-29-26-23-20-17-14-11-8-2/h20,23,28-31,63,66,72-73H,7-19,21-22,24-27,32-62,64-65,67-71H2,1-6H3,(H-,76,78,80,81)/b23-20-,30-28+,31-29-,66-63-. The summed E-state index contributed by atoms with van der Waals surface area (Å²) in [5, 5.41) is 3.05. The number of hydrogen-bond acceptors (Lipinski definition) is 7. The molecule has 0 aromatic heterocycles. The van der Waals surface area contributed by atoms with Gasteiger partial charge in [-0.3, -0.25) is 14.2 Å². The van der Waals surface area contributed by atoms with E-state index in [4.69, 9.17) is 13.8 Å². The summed E-state index contributed by atoms with van der Waals surface area (Å²) in [4.78, 5) is 40.2. The Kier molecular flexibility index (Phi) is 63.4. The number of rotatable bonds is 68. The van der Waals surface area contributed by atoms with Gasteiger partial charge >= 0.3 is 5.97 Å². The summed E-state index contributed by atoms with van der Waals surface area (Å²) in [5.41, 5.74) is 0. The molecule has 0 heterocycles. The molecule has 500 valence electrons. The molecule has 9 nitrogen and oxygen atoms in total. The first-order chi connectivity index (χ1) is 41.4. The first-order valence-electron chi connectivity index (χ1n) is 36.9. The van der Waals surface area contributed by atoms with E-state index in [0.717, 1.165) is 64.2 Å². The zero-order valence-electron chi connectivity index (χ0n) is 57.3. The van der Waals surface area contributed by atoms with Crippen molar-refractivity contribution in [3.05, 3.63) is 48.6 Å². The van der Waals surface area contributed by atoms with E-state index in [2.05, 4.69) is 62.5 Å². The number of likely N-dealkylation sites (N-methyl/N-ethyl adjacent to an activating group) is 1. The van der Waals surface area contributed by atoms with Gasteiger partial charge < -0.3 is 28.5 Å². The van der Waals surface area contributed by atoms with E-state index >= 15 is 0 Å². The molecule has 10 heteroatoms. The van der Waals surface area contributed by atoms with E-state index < -0.39 is 20.0 Å². The number of ether oxygens (including phenoxy) is 1. The van der Waals surface area contributed by atoms with Gasteiger partial charge in [0.15, 0.2) is 0 Å². The lowest BCUT2D eigenvalue weighted by atomic mass is 10.0. The van der Waals surface area contributed by atoms with Crippen LogP contribution >= 0.6 is 7.82 Å². The van der Waals surface area contributed by atoms with Gasteiger partial charge in [0.1, 0.15) is 19.3 Å². The van der Waals surface area contributed by atoms with Gasteiger partial charge in [-0.1, -0.05) is 314 Å². The van der Waals surface area contributed by atoms with Gasteiger partial charge in [0, 0.05) is 12.8 Å². The number of allylic oxidation sites excluding steroid dienone is 7. The number of esters is 1. The quantitative estimate of drug-likeness (QED) is 0.0212. The van der Waals surface area contributed by atoms with Crippen LogP contribution in [0.1, 0.15) is 367 Å². The average Bonchev–Trinajstić information content (AvgIpc) is 3.50. The lowest BCUT2D eigenvalue weighted by Gasteiger charge is -2.30. The maximum atomic E-state index is 13.6. The van der Waals surface area contributed by atoms with Crippen molar-refractivity contribution in [2.75, 3.05) is 40.9 Å². The first-order valence-corrected chi connectivity index (χ1v) is 38.4. The maximum Gasteiger partial charge on any atom is 0.306 e. The highest BCUT2D eigenvalue weighted by Crippen LogP contribution is 2.38. The number of amides is 1. The largest absolute Gasteiger partial charge is 0.756 e. The summed E-state index contributed by atoms with van der Waals surface area (Å²) < 4.78 is 30.5. The predicted molar refractivity (Wildman–Crippen MR) is 367 cm³/mol. The third-order valence-electron chi connectivity index (χ3n) is 16.7. The second-order valence-corrected chi connectivity index (χ2v) is 27.9.